The van der Waals surface area contributed by atoms with E-state index in [0.29, 0.717) is 42.8 Å². The molecule has 1 amide bonds. The fraction of sp³-hybridized carbons (Fsp3) is 0.333. The van der Waals surface area contributed by atoms with Gasteiger partial charge in [0.15, 0.2) is 23.9 Å². The number of nitrogens with zero attached hydrogens (tertiary/aromatic N) is 2. The number of carbonyl (C=O) groups excluding carboxylic acids is 1. The summed E-state index contributed by atoms with van der Waals surface area (Å²) < 4.78 is 11.3. The lowest BCUT2D eigenvalue weighted by molar-refractivity contribution is -0.377. The molecular formula is C21H23ClN3O3+. The second-order valence-electron chi connectivity index (χ2n) is 6.78. The molecule has 7 heteroatoms. The minimum atomic E-state index is 0.00396. The highest BCUT2D eigenvalue weighted by Gasteiger charge is 2.20. The van der Waals surface area contributed by atoms with Crippen molar-refractivity contribution in [1.29, 1.82) is 0 Å². The standard InChI is InChI=1S/C21H22ClN3O3/c22-18-14-16(15-19-21(18)28-13-1-12-27-19)2-3-20(26)25-10-8-24(9-11-25)17-4-6-23-7-5-17/h2-7,14-15H,1,8-13H2/p+1/b3-2+. The molecule has 1 aromatic carbocycles. The third kappa shape index (κ3) is 4.22. The van der Waals surface area contributed by atoms with Crippen molar-refractivity contribution < 1.29 is 19.3 Å². The van der Waals surface area contributed by atoms with Gasteiger partial charge >= 0.3 is 0 Å². The summed E-state index contributed by atoms with van der Waals surface area (Å²) in [7, 11) is 0. The quantitative estimate of drug-likeness (QED) is 0.743. The van der Waals surface area contributed by atoms with Crippen molar-refractivity contribution in [2.75, 3.05) is 44.3 Å². The number of fused-ring (bicyclic) bond motifs is 1. The van der Waals surface area contributed by atoms with Gasteiger partial charge in [-0.05, 0) is 23.8 Å². The first-order valence-electron chi connectivity index (χ1n) is 9.48. The smallest absolute Gasteiger partial charge is 0.246 e. The molecule has 1 N–H and O–H groups in total. The Kier molecular flexibility index (Phi) is 5.67. The molecule has 0 radical (unpaired) electrons. The number of halogens is 1. The van der Waals surface area contributed by atoms with E-state index in [1.54, 1.807) is 18.2 Å². The largest absolute Gasteiger partial charge is 0.489 e. The number of amides is 1. The number of anilines is 1. The highest BCUT2D eigenvalue weighted by molar-refractivity contribution is 6.32. The van der Waals surface area contributed by atoms with E-state index in [4.69, 9.17) is 21.1 Å². The maximum atomic E-state index is 12.6. The predicted molar refractivity (Wildman–Crippen MR) is 108 cm³/mol. The molecular weight excluding hydrogens is 378 g/mol. The Hall–Kier alpha value is -2.73. The summed E-state index contributed by atoms with van der Waals surface area (Å²) in [6, 6.07) is 7.75. The van der Waals surface area contributed by atoms with E-state index in [9.17, 15) is 4.79 Å². The van der Waals surface area contributed by atoms with Crippen LogP contribution in [0.25, 0.3) is 6.08 Å². The first-order chi connectivity index (χ1) is 13.7. The number of hydrogen-bond donors (Lipinski definition) is 0. The number of piperazine rings is 1. The van der Waals surface area contributed by atoms with Crippen LogP contribution in [0.2, 0.25) is 5.02 Å². The Morgan fingerprint density at radius 3 is 2.61 bits per heavy atom. The molecule has 0 unspecified atom stereocenters. The summed E-state index contributed by atoms with van der Waals surface area (Å²) in [5, 5.41) is 0.500. The molecule has 0 spiro atoms. The van der Waals surface area contributed by atoms with Crippen molar-refractivity contribution in [2.24, 2.45) is 0 Å². The molecule has 2 aliphatic heterocycles. The van der Waals surface area contributed by atoms with Crippen LogP contribution >= 0.6 is 11.6 Å². The number of aromatic nitrogens is 1. The van der Waals surface area contributed by atoms with Gasteiger partial charge in [-0.25, -0.2) is 4.98 Å². The average molecular weight is 401 g/mol. The number of carbonyl (C=O) groups is 1. The molecule has 0 saturated carbocycles. The van der Waals surface area contributed by atoms with Gasteiger partial charge in [-0.2, -0.15) is 0 Å². The summed E-state index contributed by atoms with van der Waals surface area (Å²) in [5.74, 6) is 1.22. The van der Waals surface area contributed by atoms with E-state index in [2.05, 4.69) is 9.88 Å². The number of ether oxygens (including phenoxy) is 2. The molecule has 4 rings (SSSR count). The maximum Gasteiger partial charge on any atom is 0.246 e. The van der Waals surface area contributed by atoms with Gasteiger partial charge in [0.25, 0.3) is 0 Å². The number of pyridine rings is 1. The molecule has 0 atom stereocenters. The Bertz CT molecular complexity index is 865. The minimum absolute atomic E-state index is 0.00396. The number of rotatable bonds is 3. The van der Waals surface area contributed by atoms with Crippen molar-refractivity contribution in [3.63, 3.8) is 0 Å². The monoisotopic (exact) mass is 400 g/mol. The molecule has 2 aromatic rings. The van der Waals surface area contributed by atoms with Crippen molar-refractivity contribution in [3.8, 4) is 11.5 Å². The van der Waals surface area contributed by atoms with E-state index in [1.807, 2.05) is 35.5 Å². The lowest BCUT2D eigenvalue weighted by atomic mass is 10.1. The topological polar surface area (TPSA) is 56.2 Å². The van der Waals surface area contributed by atoms with Gasteiger partial charge in [0.2, 0.25) is 5.91 Å². The van der Waals surface area contributed by atoms with Gasteiger partial charge in [0.05, 0.1) is 18.2 Å². The van der Waals surface area contributed by atoms with Crippen LogP contribution in [0, 0.1) is 0 Å². The first-order valence-corrected chi connectivity index (χ1v) is 9.86. The summed E-state index contributed by atoms with van der Waals surface area (Å²) >= 11 is 6.32. The zero-order valence-corrected chi connectivity index (χ0v) is 16.3. The van der Waals surface area contributed by atoms with Gasteiger partial charge in [-0.15, -0.1) is 0 Å². The first kappa shape index (κ1) is 18.6. The number of benzene rings is 1. The Morgan fingerprint density at radius 1 is 1.07 bits per heavy atom. The lowest BCUT2D eigenvalue weighted by Crippen LogP contribution is -2.48. The zero-order chi connectivity index (χ0) is 19.3. The Morgan fingerprint density at radius 2 is 1.82 bits per heavy atom. The van der Waals surface area contributed by atoms with Crippen molar-refractivity contribution in [1.82, 2.24) is 4.90 Å². The predicted octanol–water partition coefficient (Wildman–Crippen LogP) is 2.68. The SMILES string of the molecule is O=C(/C=C/c1cc(Cl)c2c(c1)OCCCO2)N1CCN(c2cc[nH+]cc2)CC1. The van der Waals surface area contributed by atoms with Crippen LogP contribution in [0.4, 0.5) is 5.69 Å². The molecule has 2 aliphatic rings. The third-order valence-electron chi connectivity index (χ3n) is 4.90. The molecule has 0 aliphatic carbocycles. The second-order valence-corrected chi connectivity index (χ2v) is 7.19. The molecule has 1 aromatic heterocycles. The van der Waals surface area contributed by atoms with E-state index < -0.39 is 0 Å². The zero-order valence-electron chi connectivity index (χ0n) is 15.6. The number of H-pyrrole nitrogens is 1. The molecule has 6 nitrogen and oxygen atoms in total. The van der Waals surface area contributed by atoms with Crippen LogP contribution in [0.15, 0.2) is 42.7 Å². The van der Waals surface area contributed by atoms with Crippen LogP contribution < -0.4 is 19.4 Å². The fourth-order valence-electron chi connectivity index (χ4n) is 3.39. The maximum absolute atomic E-state index is 12.6. The van der Waals surface area contributed by atoms with E-state index >= 15 is 0 Å². The van der Waals surface area contributed by atoms with Gasteiger partial charge in [-0.3, -0.25) is 4.79 Å². The summed E-state index contributed by atoms with van der Waals surface area (Å²) in [6.45, 7) is 4.22. The van der Waals surface area contributed by atoms with Crippen molar-refractivity contribution in [2.45, 2.75) is 6.42 Å². The molecule has 1 saturated heterocycles. The second kappa shape index (κ2) is 8.52. The van der Waals surface area contributed by atoms with Crippen LogP contribution in [0.3, 0.4) is 0 Å². The molecule has 28 heavy (non-hydrogen) atoms. The lowest BCUT2D eigenvalue weighted by Gasteiger charge is -2.35. The van der Waals surface area contributed by atoms with E-state index in [0.717, 1.165) is 25.1 Å². The molecule has 0 bridgehead atoms. The van der Waals surface area contributed by atoms with Crippen molar-refractivity contribution >= 4 is 29.3 Å². The summed E-state index contributed by atoms with van der Waals surface area (Å²) in [4.78, 5) is 19.8. The average Bonchev–Trinajstić information content (AvgIpc) is 2.99. The fourth-order valence-corrected chi connectivity index (χ4v) is 3.67. The van der Waals surface area contributed by atoms with E-state index in [-0.39, 0.29) is 5.91 Å². The summed E-state index contributed by atoms with van der Waals surface area (Å²) in [6.07, 6.45) is 8.03. The van der Waals surface area contributed by atoms with E-state index in [1.165, 1.54) is 5.69 Å². The van der Waals surface area contributed by atoms with Crippen LogP contribution in [-0.2, 0) is 4.79 Å². The number of aromatic amines is 1. The van der Waals surface area contributed by atoms with Gasteiger partial charge < -0.3 is 19.3 Å². The molecule has 146 valence electrons. The highest BCUT2D eigenvalue weighted by atomic mass is 35.5. The minimum Gasteiger partial charge on any atom is -0.489 e. The molecule has 3 heterocycles. The normalized spacial score (nSPS) is 16.9. The van der Waals surface area contributed by atoms with Gasteiger partial charge in [-0.1, -0.05) is 11.6 Å². The third-order valence-corrected chi connectivity index (χ3v) is 5.18. The van der Waals surface area contributed by atoms with Gasteiger partial charge in [0, 0.05) is 56.5 Å². The Labute approximate surface area is 169 Å². The number of nitrogens with one attached hydrogen (secondary N) is 1. The highest BCUT2D eigenvalue weighted by Crippen LogP contribution is 2.38. The van der Waals surface area contributed by atoms with Crippen LogP contribution in [0.1, 0.15) is 12.0 Å². The van der Waals surface area contributed by atoms with Crippen LogP contribution in [0.5, 0.6) is 11.5 Å². The summed E-state index contributed by atoms with van der Waals surface area (Å²) in [5.41, 5.74) is 1.99. The van der Waals surface area contributed by atoms with Crippen LogP contribution in [-0.4, -0.2) is 50.2 Å². The van der Waals surface area contributed by atoms with Crippen molar-refractivity contribution in [3.05, 3.63) is 53.3 Å². The Balaban J connectivity index is 1.38. The molecule has 1 fully saturated rings. The number of hydrogen-bond acceptors (Lipinski definition) is 4. The van der Waals surface area contributed by atoms with Gasteiger partial charge in [0.1, 0.15) is 0 Å².